The van der Waals surface area contributed by atoms with Crippen LogP contribution in [0, 0.1) is 0 Å². The molecule has 0 saturated carbocycles. The number of carbonyl (C=O) groups is 2. The summed E-state index contributed by atoms with van der Waals surface area (Å²) in [5.74, 6) is -1.28. The number of rotatable bonds is 7. The molecule has 0 radical (unpaired) electrons. The maximum Gasteiger partial charge on any atom is 0.416 e. The van der Waals surface area contributed by atoms with Crippen LogP contribution in [0.3, 0.4) is 0 Å². The number of halogens is 3. The third-order valence-corrected chi connectivity index (χ3v) is 2.71. The number of esters is 2. The van der Waals surface area contributed by atoms with Crippen LogP contribution in [0.2, 0.25) is 0 Å². The molecule has 0 atom stereocenters. The summed E-state index contributed by atoms with van der Waals surface area (Å²) < 4.78 is 47.8. The zero-order valence-corrected chi connectivity index (χ0v) is 12.1. The Balaban J connectivity index is 2.47. The summed E-state index contributed by atoms with van der Waals surface area (Å²) in [6.07, 6.45) is -4.21. The quantitative estimate of drug-likeness (QED) is 0.722. The summed E-state index contributed by atoms with van der Waals surface area (Å²) in [6, 6.07) is 4.86. The van der Waals surface area contributed by atoms with Crippen LogP contribution >= 0.6 is 0 Å². The molecule has 0 aliphatic carbocycles. The molecule has 0 amide bonds. The highest BCUT2D eigenvalue weighted by molar-refractivity contribution is 5.77. The third-order valence-electron chi connectivity index (χ3n) is 2.71. The van der Waals surface area contributed by atoms with Crippen molar-refractivity contribution >= 4 is 11.9 Å². The number of carbonyl (C=O) groups excluding carboxylic acids is 2. The van der Waals surface area contributed by atoms with Crippen molar-refractivity contribution in [2.24, 2.45) is 0 Å². The molecule has 0 heterocycles. The average Bonchev–Trinajstić information content (AvgIpc) is 2.48. The molecular weight excluding hydrogens is 301 g/mol. The molecule has 0 aromatic heterocycles. The van der Waals surface area contributed by atoms with Crippen LogP contribution in [-0.4, -0.2) is 18.5 Å². The molecule has 0 N–H and O–H groups in total. The Kier molecular flexibility index (Phi) is 6.88. The van der Waals surface area contributed by atoms with Crippen LogP contribution in [0.25, 0.3) is 0 Å². The Morgan fingerprint density at radius 2 is 1.64 bits per heavy atom. The first-order valence-corrected chi connectivity index (χ1v) is 6.81. The van der Waals surface area contributed by atoms with Crippen molar-refractivity contribution in [3.8, 4) is 0 Å². The molecule has 1 aromatic rings. The molecule has 0 fully saturated rings. The van der Waals surface area contributed by atoms with Gasteiger partial charge in [0.05, 0.1) is 25.0 Å². The van der Waals surface area contributed by atoms with Gasteiger partial charge in [-0.25, -0.2) is 0 Å². The van der Waals surface area contributed by atoms with Crippen molar-refractivity contribution in [3.63, 3.8) is 0 Å². The SMILES string of the molecule is CCCOC(=O)CCC(=O)OCc1ccccc1C(F)(F)F. The highest BCUT2D eigenvalue weighted by atomic mass is 19.4. The summed E-state index contributed by atoms with van der Waals surface area (Å²) in [4.78, 5) is 22.6. The van der Waals surface area contributed by atoms with E-state index >= 15 is 0 Å². The van der Waals surface area contributed by atoms with Crippen LogP contribution < -0.4 is 0 Å². The van der Waals surface area contributed by atoms with Crippen LogP contribution in [-0.2, 0) is 31.8 Å². The first kappa shape index (κ1) is 18.0. The lowest BCUT2D eigenvalue weighted by Gasteiger charge is -2.12. The van der Waals surface area contributed by atoms with Gasteiger partial charge in [0.2, 0.25) is 0 Å². The molecule has 1 rings (SSSR count). The van der Waals surface area contributed by atoms with Crippen molar-refractivity contribution in [1.29, 1.82) is 0 Å². The van der Waals surface area contributed by atoms with Gasteiger partial charge in [-0.05, 0) is 12.5 Å². The number of hydrogen-bond donors (Lipinski definition) is 0. The topological polar surface area (TPSA) is 52.6 Å². The first-order valence-electron chi connectivity index (χ1n) is 6.81. The van der Waals surface area contributed by atoms with Crippen molar-refractivity contribution in [3.05, 3.63) is 35.4 Å². The Morgan fingerprint density at radius 3 is 2.23 bits per heavy atom. The highest BCUT2D eigenvalue weighted by Crippen LogP contribution is 2.32. The zero-order chi connectivity index (χ0) is 16.6. The smallest absolute Gasteiger partial charge is 0.416 e. The molecule has 0 saturated heterocycles. The fourth-order valence-electron chi connectivity index (χ4n) is 1.65. The Labute approximate surface area is 126 Å². The molecule has 1 aromatic carbocycles. The normalized spacial score (nSPS) is 11.1. The lowest BCUT2D eigenvalue weighted by Crippen LogP contribution is -2.13. The van der Waals surface area contributed by atoms with Crippen LogP contribution in [0.4, 0.5) is 13.2 Å². The number of alkyl halides is 3. The zero-order valence-electron chi connectivity index (χ0n) is 12.1. The van der Waals surface area contributed by atoms with Gasteiger partial charge in [-0.2, -0.15) is 13.2 Å². The molecule has 122 valence electrons. The molecule has 0 unspecified atom stereocenters. The van der Waals surface area contributed by atoms with Crippen molar-refractivity contribution in [2.75, 3.05) is 6.61 Å². The third kappa shape index (κ3) is 6.15. The molecule has 0 aliphatic rings. The lowest BCUT2D eigenvalue weighted by atomic mass is 10.1. The maximum atomic E-state index is 12.7. The maximum absolute atomic E-state index is 12.7. The monoisotopic (exact) mass is 318 g/mol. The average molecular weight is 318 g/mol. The molecule has 7 heteroatoms. The fraction of sp³-hybridized carbons (Fsp3) is 0.467. The van der Waals surface area contributed by atoms with E-state index in [1.165, 1.54) is 18.2 Å². The second-order valence-electron chi connectivity index (χ2n) is 4.54. The minimum Gasteiger partial charge on any atom is -0.466 e. The Bertz CT molecular complexity index is 512. The van der Waals surface area contributed by atoms with Gasteiger partial charge in [0.15, 0.2) is 0 Å². The fourth-order valence-corrected chi connectivity index (χ4v) is 1.65. The molecule has 22 heavy (non-hydrogen) atoms. The summed E-state index contributed by atoms with van der Waals surface area (Å²) in [5.41, 5.74) is -0.970. The van der Waals surface area contributed by atoms with E-state index in [9.17, 15) is 22.8 Å². The minimum atomic E-state index is -4.51. The van der Waals surface area contributed by atoms with E-state index in [1.807, 2.05) is 6.92 Å². The summed E-state index contributed by atoms with van der Waals surface area (Å²) in [6.45, 7) is 1.62. The minimum absolute atomic E-state index is 0.128. The van der Waals surface area contributed by atoms with Gasteiger partial charge >= 0.3 is 18.1 Å². The summed E-state index contributed by atoms with van der Waals surface area (Å²) >= 11 is 0. The van der Waals surface area contributed by atoms with Crippen LogP contribution in [0.15, 0.2) is 24.3 Å². The molecule has 0 aliphatic heterocycles. The summed E-state index contributed by atoms with van der Waals surface area (Å²) in [7, 11) is 0. The van der Waals surface area contributed by atoms with Gasteiger partial charge in [0.25, 0.3) is 0 Å². The van der Waals surface area contributed by atoms with E-state index in [-0.39, 0.29) is 25.0 Å². The number of benzene rings is 1. The Hall–Kier alpha value is -2.05. The van der Waals surface area contributed by atoms with Crippen molar-refractivity contribution in [1.82, 2.24) is 0 Å². The summed E-state index contributed by atoms with van der Waals surface area (Å²) in [5, 5.41) is 0. The van der Waals surface area contributed by atoms with Gasteiger partial charge in [-0.1, -0.05) is 25.1 Å². The lowest BCUT2D eigenvalue weighted by molar-refractivity contribution is -0.151. The van der Waals surface area contributed by atoms with Gasteiger partial charge < -0.3 is 9.47 Å². The molecule has 0 spiro atoms. The second kappa shape index (κ2) is 8.41. The van der Waals surface area contributed by atoms with Gasteiger partial charge in [-0.3, -0.25) is 9.59 Å². The van der Waals surface area contributed by atoms with Crippen molar-refractivity contribution < 1.29 is 32.2 Å². The first-order chi connectivity index (χ1) is 10.3. The van der Waals surface area contributed by atoms with E-state index in [2.05, 4.69) is 0 Å². The van der Waals surface area contributed by atoms with Gasteiger partial charge in [0, 0.05) is 5.56 Å². The molecular formula is C15H17F3O4. The highest BCUT2D eigenvalue weighted by Gasteiger charge is 2.33. The van der Waals surface area contributed by atoms with Gasteiger partial charge in [0.1, 0.15) is 6.61 Å². The van der Waals surface area contributed by atoms with E-state index in [4.69, 9.17) is 9.47 Å². The van der Waals surface area contributed by atoms with E-state index in [0.29, 0.717) is 6.42 Å². The number of ether oxygens (including phenoxy) is 2. The van der Waals surface area contributed by atoms with Gasteiger partial charge in [-0.15, -0.1) is 0 Å². The van der Waals surface area contributed by atoms with Crippen molar-refractivity contribution in [2.45, 2.75) is 39.0 Å². The largest absolute Gasteiger partial charge is 0.466 e. The predicted molar refractivity (Wildman–Crippen MR) is 71.7 cm³/mol. The van der Waals surface area contributed by atoms with Crippen LogP contribution in [0.5, 0.6) is 0 Å². The van der Waals surface area contributed by atoms with Crippen LogP contribution in [0.1, 0.15) is 37.3 Å². The van der Waals surface area contributed by atoms with E-state index < -0.39 is 30.3 Å². The number of hydrogen-bond acceptors (Lipinski definition) is 4. The predicted octanol–water partition coefficient (Wildman–Crippen LogP) is 3.48. The second-order valence-corrected chi connectivity index (χ2v) is 4.54. The molecule has 0 bridgehead atoms. The Morgan fingerprint density at radius 1 is 1.05 bits per heavy atom. The van der Waals surface area contributed by atoms with E-state index in [0.717, 1.165) is 6.07 Å². The standard InChI is InChI=1S/C15H17F3O4/c1-2-9-21-13(19)7-8-14(20)22-10-11-5-3-4-6-12(11)15(16,17)18/h3-6H,2,7-10H2,1H3. The van der Waals surface area contributed by atoms with E-state index in [1.54, 1.807) is 0 Å². The molecule has 4 nitrogen and oxygen atoms in total.